The number of ether oxygens (including phenoxy) is 1. The number of halogens is 2. The van der Waals surface area contributed by atoms with Crippen LogP contribution in [0, 0.1) is 0 Å². The number of benzene rings is 3. The van der Waals surface area contributed by atoms with E-state index < -0.39 is 5.97 Å². The number of aromatic nitrogens is 2. The Hall–Kier alpha value is -3.41. The van der Waals surface area contributed by atoms with Gasteiger partial charge in [-0.05, 0) is 24.3 Å². The number of methoxy groups -OCH3 is 1. The highest BCUT2D eigenvalue weighted by atomic mass is 35.5. The predicted molar refractivity (Wildman–Crippen MR) is 126 cm³/mol. The molecule has 5 rings (SSSR count). The second-order valence-corrected chi connectivity index (χ2v) is 8.07. The lowest BCUT2D eigenvalue weighted by Crippen LogP contribution is -2.09. The van der Waals surface area contributed by atoms with Crippen LogP contribution in [0.15, 0.2) is 77.8 Å². The van der Waals surface area contributed by atoms with Crippen molar-refractivity contribution in [2.24, 2.45) is 4.99 Å². The van der Waals surface area contributed by atoms with Crippen LogP contribution in [0.4, 0.5) is 0 Å². The Labute approximate surface area is 194 Å². The van der Waals surface area contributed by atoms with E-state index in [1.807, 2.05) is 77.4 Å². The average Bonchev–Trinajstić information content (AvgIpc) is 3.12. The molecule has 3 aromatic carbocycles. The fraction of sp³-hybridized carbons (Fsp3) is 0.0800. The molecule has 4 aromatic rings. The molecule has 0 atom stereocenters. The lowest BCUT2D eigenvalue weighted by molar-refractivity contribution is 0.0593. The van der Waals surface area contributed by atoms with Crippen LogP contribution in [0.25, 0.3) is 17.1 Å². The van der Waals surface area contributed by atoms with Crippen molar-refractivity contribution in [1.29, 1.82) is 0 Å². The summed E-state index contributed by atoms with van der Waals surface area (Å²) in [4.78, 5) is 22.2. The minimum Gasteiger partial charge on any atom is -0.464 e. The first-order valence-corrected chi connectivity index (χ1v) is 10.7. The molecule has 0 aliphatic carbocycles. The monoisotopic (exact) mass is 461 g/mol. The maximum Gasteiger partial charge on any atom is 0.358 e. The van der Waals surface area contributed by atoms with Gasteiger partial charge in [-0.25, -0.2) is 9.78 Å². The van der Waals surface area contributed by atoms with Crippen molar-refractivity contribution in [3.05, 3.63) is 105 Å². The van der Waals surface area contributed by atoms with Gasteiger partial charge in [0.2, 0.25) is 0 Å². The molecule has 0 saturated carbocycles. The molecule has 0 radical (unpaired) electrons. The van der Waals surface area contributed by atoms with E-state index in [2.05, 4.69) is 4.98 Å². The number of hydrogen-bond donors (Lipinski definition) is 0. The third-order valence-electron chi connectivity index (χ3n) is 5.35. The van der Waals surface area contributed by atoms with Gasteiger partial charge in [0.25, 0.3) is 0 Å². The third kappa shape index (κ3) is 3.40. The Balaban J connectivity index is 1.84. The Morgan fingerprint density at radius 1 is 0.969 bits per heavy atom. The molecule has 2 heterocycles. The summed E-state index contributed by atoms with van der Waals surface area (Å²) >= 11 is 12.9. The van der Waals surface area contributed by atoms with Crippen molar-refractivity contribution in [2.75, 3.05) is 7.11 Å². The zero-order valence-corrected chi connectivity index (χ0v) is 18.6. The number of imidazole rings is 1. The molecule has 1 aromatic heterocycles. The van der Waals surface area contributed by atoms with Crippen LogP contribution in [0.2, 0.25) is 10.0 Å². The van der Waals surface area contributed by atoms with Crippen molar-refractivity contribution in [1.82, 2.24) is 9.55 Å². The molecule has 0 unspecified atom stereocenters. The van der Waals surface area contributed by atoms with Gasteiger partial charge in [0.05, 0.1) is 30.7 Å². The van der Waals surface area contributed by atoms with E-state index >= 15 is 0 Å². The second kappa shape index (κ2) is 8.26. The quantitative estimate of drug-likeness (QED) is 0.352. The van der Waals surface area contributed by atoms with E-state index in [0.717, 1.165) is 22.4 Å². The number of hydrogen-bond acceptors (Lipinski definition) is 4. The van der Waals surface area contributed by atoms with Crippen molar-refractivity contribution >= 4 is 34.9 Å². The first kappa shape index (κ1) is 20.5. The largest absolute Gasteiger partial charge is 0.464 e. The van der Waals surface area contributed by atoms with E-state index in [1.54, 1.807) is 0 Å². The van der Waals surface area contributed by atoms with Crippen LogP contribution >= 0.6 is 23.2 Å². The van der Waals surface area contributed by atoms with Gasteiger partial charge in [0.1, 0.15) is 5.82 Å². The SMILES string of the molecule is COC(=O)c1nc(-c2ccccc2)n2c1CN=C(c1ccccc1Cl)c1cc(Cl)ccc1-2. The fourth-order valence-electron chi connectivity index (χ4n) is 3.92. The van der Waals surface area contributed by atoms with Crippen LogP contribution in [0.3, 0.4) is 0 Å². The van der Waals surface area contributed by atoms with Gasteiger partial charge in [-0.3, -0.25) is 9.56 Å². The molecular formula is C25H17Cl2N3O2. The van der Waals surface area contributed by atoms with Gasteiger partial charge < -0.3 is 4.74 Å². The van der Waals surface area contributed by atoms with E-state index in [4.69, 9.17) is 32.9 Å². The number of fused-ring (bicyclic) bond motifs is 3. The summed E-state index contributed by atoms with van der Waals surface area (Å²) in [5.41, 5.74) is 4.84. The van der Waals surface area contributed by atoms with Crippen LogP contribution in [0.5, 0.6) is 0 Å². The predicted octanol–water partition coefficient (Wildman–Crippen LogP) is 5.98. The summed E-state index contributed by atoms with van der Waals surface area (Å²) in [6, 6.07) is 22.8. The minimum atomic E-state index is -0.511. The highest BCUT2D eigenvalue weighted by Gasteiger charge is 2.29. The molecule has 0 N–H and O–H groups in total. The van der Waals surface area contributed by atoms with E-state index in [9.17, 15) is 4.79 Å². The molecule has 1 aliphatic rings. The molecule has 0 bridgehead atoms. The molecule has 0 saturated heterocycles. The van der Waals surface area contributed by atoms with Crippen molar-refractivity contribution < 1.29 is 9.53 Å². The number of nitrogens with zero attached hydrogens (tertiary/aromatic N) is 3. The molecular weight excluding hydrogens is 445 g/mol. The number of rotatable bonds is 3. The van der Waals surface area contributed by atoms with Crippen LogP contribution < -0.4 is 0 Å². The zero-order valence-electron chi connectivity index (χ0n) is 17.0. The summed E-state index contributed by atoms with van der Waals surface area (Å²) in [7, 11) is 1.35. The van der Waals surface area contributed by atoms with Gasteiger partial charge in [-0.1, -0.05) is 71.7 Å². The summed E-state index contributed by atoms with van der Waals surface area (Å²) in [6.07, 6.45) is 0. The van der Waals surface area contributed by atoms with E-state index in [-0.39, 0.29) is 12.2 Å². The summed E-state index contributed by atoms with van der Waals surface area (Å²) < 4.78 is 6.98. The topological polar surface area (TPSA) is 56.5 Å². The number of aliphatic imine (C=N–C) groups is 1. The lowest BCUT2D eigenvalue weighted by Gasteiger charge is -2.15. The minimum absolute atomic E-state index is 0.219. The van der Waals surface area contributed by atoms with Gasteiger partial charge in [0.15, 0.2) is 5.69 Å². The van der Waals surface area contributed by atoms with Gasteiger partial charge in [-0.2, -0.15) is 0 Å². The Morgan fingerprint density at radius 2 is 1.72 bits per heavy atom. The lowest BCUT2D eigenvalue weighted by atomic mass is 10.00. The van der Waals surface area contributed by atoms with Crippen LogP contribution in [-0.2, 0) is 11.3 Å². The Bertz CT molecular complexity index is 1380. The Kier molecular flexibility index (Phi) is 5.29. The standard InChI is InChI=1S/C25H17Cl2N3O2/c1-32-25(31)23-21-14-28-22(17-9-5-6-10-19(17)27)18-13-16(26)11-12-20(18)30(21)24(29-23)15-7-3-2-4-8-15/h2-13H,14H2,1H3. The van der Waals surface area contributed by atoms with Crippen molar-refractivity contribution in [2.45, 2.75) is 6.54 Å². The van der Waals surface area contributed by atoms with Gasteiger partial charge in [0, 0.05) is 26.7 Å². The molecule has 0 fully saturated rings. The molecule has 5 nitrogen and oxygen atoms in total. The van der Waals surface area contributed by atoms with Crippen LogP contribution in [0.1, 0.15) is 27.3 Å². The smallest absolute Gasteiger partial charge is 0.358 e. The van der Waals surface area contributed by atoms with Gasteiger partial charge >= 0.3 is 5.97 Å². The molecule has 158 valence electrons. The van der Waals surface area contributed by atoms with Crippen LogP contribution in [-0.4, -0.2) is 28.3 Å². The maximum absolute atomic E-state index is 12.6. The molecule has 1 aliphatic heterocycles. The second-order valence-electron chi connectivity index (χ2n) is 7.23. The fourth-order valence-corrected chi connectivity index (χ4v) is 4.31. The third-order valence-corrected chi connectivity index (χ3v) is 5.92. The number of esters is 1. The highest BCUT2D eigenvalue weighted by molar-refractivity contribution is 6.36. The van der Waals surface area contributed by atoms with E-state index in [1.165, 1.54) is 7.11 Å². The molecule has 0 amide bonds. The van der Waals surface area contributed by atoms with Crippen molar-refractivity contribution in [3.8, 4) is 17.1 Å². The number of carbonyl (C=O) groups excluding carboxylic acids is 1. The first-order valence-electron chi connectivity index (χ1n) is 9.93. The van der Waals surface area contributed by atoms with Gasteiger partial charge in [-0.15, -0.1) is 0 Å². The normalized spacial score (nSPS) is 12.4. The summed E-state index contributed by atoms with van der Waals surface area (Å²) in [5.74, 6) is 0.114. The number of carbonyl (C=O) groups is 1. The Morgan fingerprint density at radius 3 is 2.47 bits per heavy atom. The molecule has 32 heavy (non-hydrogen) atoms. The average molecular weight is 462 g/mol. The molecule has 0 spiro atoms. The van der Waals surface area contributed by atoms with E-state index in [0.29, 0.717) is 27.3 Å². The summed E-state index contributed by atoms with van der Waals surface area (Å²) in [6.45, 7) is 0.219. The summed E-state index contributed by atoms with van der Waals surface area (Å²) in [5, 5.41) is 1.15. The molecule has 7 heteroatoms. The van der Waals surface area contributed by atoms with Crippen molar-refractivity contribution in [3.63, 3.8) is 0 Å². The zero-order chi connectivity index (χ0) is 22.2. The highest BCUT2D eigenvalue weighted by Crippen LogP contribution is 2.35. The first-order chi connectivity index (χ1) is 15.6. The maximum atomic E-state index is 12.6.